The summed E-state index contributed by atoms with van der Waals surface area (Å²) >= 11 is 1.22. The number of nitrogens with one attached hydrogen (secondary N) is 1. The summed E-state index contributed by atoms with van der Waals surface area (Å²) in [6.07, 6.45) is 0.516. The monoisotopic (exact) mass is 343 g/mol. The molecule has 0 unspecified atom stereocenters. The highest BCUT2D eigenvalue weighted by atomic mass is 32.1. The molecule has 1 aromatic heterocycles. The Balaban J connectivity index is 1.88. The van der Waals surface area contributed by atoms with E-state index < -0.39 is 34.6 Å². The Morgan fingerprint density at radius 3 is 2.17 bits per heavy atom. The number of hydrazone groups is 1. The van der Waals surface area contributed by atoms with Crippen LogP contribution in [0.4, 0.5) is 27.1 Å². The summed E-state index contributed by atoms with van der Waals surface area (Å²) in [4.78, 5) is 4.14. The fourth-order valence-electron chi connectivity index (χ4n) is 1.81. The van der Waals surface area contributed by atoms with Crippen molar-refractivity contribution >= 4 is 32.9 Å². The van der Waals surface area contributed by atoms with Crippen molar-refractivity contribution in [1.29, 1.82) is 0 Å². The molecule has 118 valence electrons. The van der Waals surface area contributed by atoms with Crippen LogP contribution in [0.15, 0.2) is 29.4 Å². The number of rotatable bonds is 3. The van der Waals surface area contributed by atoms with Gasteiger partial charge in [0.2, 0.25) is 10.9 Å². The first kappa shape index (κ1) is 15.3. The van der Waals surface area contributed by atoms with Crippen molar-refractivity contribution in [1.82, 2.24) is 4.98 Å². The van der Waals surface area contributed by atoms with Crippen molar-refractivity contribution in [3.05, 3.63) is 58.9 Å². The van der Waals surface area contributed by atoms with E-state index in [2.05, 4.69) is 15.5 Å². The Hall–Kier alpha value is -2.55. The molecular formula is C14H6F5N3S. The van der Waals surface area contributed by atoms with E-state index in [9.17, 15) is 22.0 Å². The van der Waals surface area contributed by atoms with Crippen LogP contribution in [0.5, 0.6) is 0 Å². The first-order chi connectivity index (χ1) is 11.0. The lowest BCUT2D eigenvalue weighted by molar-refractivity contribution is 0.377. The zero-order valence-electron chi connectivity index (χ0n) is 11.1. The normalized spacial score (nSPS) is 11.5. The Bertz CT molecular complexity index is 860. The van der Waals surface area contributed by atoms with Gasteiger partial charge in [0.15, 0.2) is 23.3 Å². The van der Waals surface area contributed by atoms with E-state index in [1.165, 1.54) is 11.3 Å². The number of aromatic nitrogens is 1. The van der Waals surface area contributed by atoms with Gasteiger partial charge < -0.3 is 0 Å². The number of fused-ring (bicyclic) bond motifs is 1. The second kappa shape index (κ2) is 5.92. The minimum Gasteiger partial charge on any atom is -0.253 e. The number of para-hydroxylation sites is 1. The van der Waals surface area contributed by atoms with E-state index in [-0.39, 0.29) is 0 Å². The zero-order chi connectivity index (χ0) is 16.6. The van der Waals surface area contributed by atoms with Crippen molar-refractivity contribution in [3.63, 3.8) is 0 Å². The van der Waals surface area contributed by atoms with Crippen LogP contribution in [-0.2, 0) is 0 Å². The predicted octanol–water partition coefficient (Wildman–Crippen LogP) is 4.44. The van der Waals surface area contributed by atoms with Crippen molar-refractivity contribution in [3.8, 4) is 0 Å². The summed E-state index contributed by atoms with van der Waals surface area (Å²) in [7, 11) is 0. The summed E-state index contributed by atoms with van der Waals surface area (Å²) in [5.41, 5.74) is 1.95. The molecule has 0 aliphatic rings. The van der Waals surface area contributed by atoms with Crippen LogP contribution < -0.4 is 5.43 Å². The SMILES string of the molecule is Fc1c(F)c(F)c(/C=N\Nc2nc3ccccc3s2)c(F)c1F. The van der Waals surface area contributed by atoms with Gasteiger partial charge in [0.05, 0.1) is 22.0 Å². The maximum atomic E-state index is 13.4. The number of nitrogens with zero attached hydrogens (tertiary/aromatic N) is 2. The number of hydrogen-bond acceptors (Lipinski definition) is 4. The molecule has 1 heterocycles. The lowest BCUT2D eigenvalue weighted by Gasteiger charge is -2.03. The molecule has 0 saturated carbocycles. The highest BCUT2D eigenvalue weighted by molar-refractivity contribution is 7.22. The Labute approximate surface area is 130 Å². The lowest BCUT2D eigenvalue weighted by atomic mass is 10.2. The van der Waals surface area contributed by atoms with Crippen LogP contribution in [0, 0.1) is 29.1 Å². The van der Waals surface area contributed by atoms with Crippen molar-refractivity contribution in [2.75, 3.05) is 5.43 Å². The first-order valence-electron chi connectivity index (χ1n) is 6.15. The van der Waals surface area contributed by atoms with Gasteiger partial charge >= 0.3 is 0 Å². The second-order valence-electron chi connectivity index (χ2n) is 4.34. The summed E-state index contributed by atoms with van der Waals surface area (Å²) < 4.78 is 66.7. The van der Waals surface area contributed by atoms with Crippen LogP contribution in [0.25, 0.3) is 10.2 Å². The molecule has 23 heavy (non-hydrogen) atoms. The molecule has 0 bridgehead atoms. The highest BCUT2D eigenvalue weighted by Crippen LogP contribution is 2.25. The van der Waals surface area contributed by atoms with Gasteiger partial charge in [-0.15, -0.1) is 0 Å². The Morgan fingerprint density at radius 1 is 0.913 bits per heavy atom. The Kier molecular flexibility index (Phi) is 3.95. The molecule has 0 aliphatic heterocycles. The van der Waals surface area contributed by atoms with E-state index >= 15 is 0 Å². The van der Waals surface area contributed by atoms with Gasteiger partial charge in [-0.3, -0.25) is 5.43 Å². The molecule has 9 heteroatoms. The largest absolute Gasteiger partial charge is 0.253 e. The standard InChI is InChI=1S/C14H6F5N3S/c15-9-6(10(16)12(18)13(19)11(9)17)5-20-22-14-21-7-3-1-2-4-8(7)23-14/h1-5H,(H,21,22)/b20-5-. The predicted molar refractivity (Wildman–Crippen MR) is 77.1 cm³/mol. The maximum Gasteiger partial charge on any atom is 0.204 e. The van der Waals surface area contributed by atoms with Gasteiger partial charge in [-0.1, -0.05) is 23.5 Å². The molecule has 0 amide bonds. The number of hydrogen-bond donors (Lipinski definition) is 1. The average molecular weight is 343 g/mol. The number of halogens is 5. The van der Waals surface area contributed by atoms with Crippen molar-refractivity contribution in [2.45, 2.75) is 0 Å². The van der Waals surface area contributed by atoms with Crippen LogP contribution in [0.2, 0.25) is 0 Å². The van der Waals surface area contributed by atoms with Gasteiger partial charge in [-0.25, -0.2) is 26.9 Å². The third-order valence-electron chi connectivity index (χ3n) is 2.89. The fraction of sp³-hybridized carbons (Fsp3) is 0. The van der Waals surface area contributed by atoms with Gasteiger partial charge in [0.1, 0.15) is 0 Å². The first-order valence-corrected chi connectivity index (χ1v) is 6.96. The molecule has 3 rings (SSSR count). The average Bonchev–Trinajstić information content (AvgIpc) is 2.97. The summed E-state index contributed by atoms with van der Waals surface area (Å²) in [5, 5.41) is 3.79. The molecule has 2 aromatic carbocycles. The highest BCUT2D eigenvalue weighted by Gasteiger charge is 2.24. The molecule has 3 aromatic rings. The molecule has 0 saturated heterocycles. The van der Waals surface area contributed by atoms with Crippen LogP contribution in [0.3, 0.4) is 0 Å². The van der Waals surface area contributed by atoms with E-state index in [0.29, 0.717) is 16.9 Å². The van der Waals surface area contributed by atoms with Crippen molar-refractivity contribution in [2.24, 2.45) is 5.10 Å². The van der Waals surface area contributed by atoms with E-state index in [0.717, 1.165) is 4.70 Å². The van der Waals surface area contributed by atoms with Crippen LogP contribution >= 0.6 is 11.3 Å². The van der Waals surface area contributed by atoms with Gasteiger partial charge in [-0.05, 0) is 12.1 Å². The number of thiazole rings is 1. The van der Waals surface area contributed by atoms with E-state index in [4.69, 9.17) is 0 Å². The van der Waals surface area contributed by atoms with Gasteiger partial charge in [0, 0.05) is 0 Å². The molecule has 0 fully saturated rings. The smallest absolute Gasteiger partial charge is 0.204 e. The summed E-state index contributed by atoms with van der Waals surface area (Å²) in [5.74, 6) is -10.2. The summed E-state index contributed by atoms with van der Waals surface area (Å²) in [6, 6.07) is 7.16. The maximum absolute atomic E-state index is 13.4. The number of benzene rings is 2. The fourth-order valence-corrected chi connectivity index (χ4v) is 2.62. The quantitative estimate of drug-likeness (QED) is 0.251. The summed E-state index contributed by atoms with van der Waals surface area (Å²) in [6.45, 7) is 0. The Morgan fingerprint density at radius 2 is 1.52 bits per heavy atom. The van der Waals surface area contributed by atoms with Gasteiger partial charge in [0.25, 0.3) is 0 Å². The minimum atomic E-state index is -2.21. The van der Waals surface area contributed by atoms with Crippen LogP contribution in [-0.4, -0.2) is 11.2 Å². The molecule has 0 radical (unpaired) electrons. The molecule has 1 N–H and O–H groups in total. The molecular weight excluding hydrogens is 337 g/mol. The van der Waals surface area contributed by atoms with Gasteiger partial charge in [-0.2, -0.15) is 5.10 Å². The van der Waals surface area contributed by atoms with E-state index in [1.807, 2.05) is 12.1 Å². The van der Waals surface area contributed by atoms with E-state index in [1.54, 1.807) is 12.1 Å². The topological polar surface area (TPSA) is 37.3 Å². The lowest BCUT2D eigenvalue weighted by Crippen LogP contribution is -2.07. The molecule has 0 atom stereocenters. The second-order valence-corrected chi connectivity index (χ2v) is 5.37. The van der Waals surface area contributed by atoms with Crippen LogP contribution in [0.1, 0.15) is 5.56 Å². The zero-order valence-corrected chi connectivity index (χ0v) is 11.9. The molecule has 0 spiro atoms. The third-order valence-corrected chi connectivity index (χ3v) is 3.83. The minimum absolute atomic E-state index is 0.311. The van der Waals surface area contributed by atoms with Crippen molar-refractivity contribution < 1.29 is 22.0 Å². The third kappa shape index (κ3) is 2.74. The molecule has 0 aliphatic carbocycles. The number of anilines is 1. The molecule has 3 nitrogen and oxygen atoms in total.